The number of urea groups is 1. The lowest BCUT2D eigenvalue weighted by atomic mass is 9.66. The number of oxazole rings is 1. The quantitative estimate of drug-likeness (QED) is 0.772. The molecule has 2 aliphatic rings. The highest BCUT2D eigenvalue weighted by Gasteiger charge is 2.46. The first kappa shape index (κ1) is 15.9. The van der Waals surface area contributed by atoms with Gasteiger partial charge in [0.2, 0.25) is 0 Å². The number of fused-ring (bicyclic) bond motifs is 4. The minimum atomic E-state index is -0.614. The molecule has 1 saturated carbocycles. The van der Waals surface area contributed by atoms with E-state index in [1.807, 2.05) is 6.07 Å². The van der Waals surface area contributed by atoms with Crippen LogP contribution in [0.25, 0.3) is 11.1 Å². The predicted octanol–water partition coefficient (Wildman–Crippen LogP) is 3.55. The molecule has 7 nitrogen and oxygen atoms in total. The van der Waals surface area contributed by atoms with Crippen LogP contribution < -0.4 is 10.6 Å². The van der Waals surface area contributed by atoms with Crippen LogP contribution in [-0.2, 0) is 10.3 Å². The summed E-state index contributed by atoms with van der Waals surface area (Å²) in [5, 5.41) is 5.96. The molecule has 1 fully saturated rings. The number of rotatable bonds is 1. The predicted molar refractivity (Wildman–Crippen MR) is 91.4 cm³/mol. The normalized spacial score (nSPS) is 20.7. The number of aromatic nitrogens is 1. The molecule has 7 heteroatoms. The van der Waals surface area contributed by atoms with Crippen molar-refractivity contribution in [3.8, 4) is 0 Å². The molecule has 0 unspecified atom stereocenters. The van der Waals surface area contributed by atoms with Gasteiger partial charge < -0.3 is 19.8 Å². The van der Waals surface area contributed by atoms with Crippen LogP contribution in [0.15, 0.2) is 16.5 Å². The van der Waals surface area contributed by atoms with Crippen molar-refractivity contribution < 1.29 is 18.7 Å². The second kappa shape index (κ2) is 5.21. The van der Waals surface area contributed by atoms with E-state index in [1.54, 1.807) is 6.07 Å². The van der Waals surface area contributed by atoms with Crippen molar-refractivity contribution in [1.29, 1.82) is 0 Å². The first-order valence-corrected chi connectivity index (χ1v) is 8.45. The third-order valence-electron chi connectivity index (χ3n) is 5.45. The van der Waals surface area contributed by atoms with Crippen molar-refractivity contribution in [2.45, 2.75) is 45.1 Å². The number of nitrogens with zero attached hydrogens (tertiary/aromatic N) is 1. The molecule has 0 bridgehead atoms. The van der Waals surface area contributed by atoms with Crippen molar-refractivity contribution >= 4 is 28.8 Å². The molecule has 2 amide bonds. The highest BCUT2D eigenvalue weighted by Crippen LogP contribution is 2.50. The summed E-state index contributed by atoms with van der Waals surface area (Å²) in [7, 11) is 1.29. The van der Waals surface area contributed by atoms with E-state index in [9.17, 15) is 9.59 Å². The SMILES string of the molecule is COC(=O)c1nc2ccc3c(c2o1)C1(CCC(C)(C)CC1)NC(=O)N3. The number of methoxy groups -OCH3 is 1. The second-order valence-electron chi connectivity index (χ2n) is 7.67. The number of carbonyl (C=O) groups excluding carboxylic acids is 2. The Morgan fingerprint density at radius 1 is 1.24 bits per heavy atom. The van der Waals surface area contributed by atoms with Gasteiger partial charge in [-0.15, -0.1) is 0 Å². The number of amides is 2. The van der Waals surface area contributed by atoms with E-state index >= 15 is 0 Å². The molecule has 0 saturated heterocycles. The zero-order chi connectivity index (χ0) is 17.8. The van der Waals surface area contributed by atoms with Crippen molar-refractivity contribution in [2.75, 3.05) is 12.4 Å². The Labute approximate surface area is 145 Å². The van der Waals surface area contributed by atoms with Crippen LogP contribution in [0, 0.1) is 5.41 Å². The van der Waals surface area contributed by atoms with Crippen LogP contribution in [0.5, 0.6) is 0 Å². The molecule has 132 valence electrons. The summed E-state index contributed by atoms with van der Waals surface area (Å²) in [5.74, 6) is -0.689. The number of benzene rings is 1. The van der Waals surface area contributed by atoms with Crippen molar-refractivity contribution in [3.63, 3.8) is 0 Å². The summed E-state index contributed by atoms with van der Waals surface area (Å²) < 4.78 is 10.5. The molecule has 2 aromatic rings. The molecule has 1 spiro atoms. The molecule has 25 heavy (non-hydrogen) atoms. The van der Waals surface area contributed by atoms with Gasteiger partial charge in [0.15, 0.2) is 5.58 Å². The molecule has 0 radical (unpaired) electrons. The maximum Gasteiger partial charge on any atom is 0.394 e. The molecule has 1 aliphatic carbocycles. The van der Waals surface area contributed by atoms with Gasteiger partial charge in [0.05, 0.1) is 18.3 Å². The number of ether oxygens (including phenoxy) is 1. The topological polar surface area (TPSA) is 93.5 Å². The number of hydrogen-bond acceptors (Lipinski definition) is 5. The van der Waals surface area contributed by atoms with Gasteiger partial charge in [0.25, 0.3) is 0 Å². The van der Waals surface area contributed by atoms with E-state index in [2.05, 4.69) is 29.5 Å². The highest BCUT2D eigenvalue weighted by molar-refractivity contribution is 5.99. The lowest BCUT2D eigenvalue weighted by molar-refractivity contribution is 0.0558. The van der Waals surface area contributed by atoms with Gasteiger partial charge >= 0.3 is 17.9 Å². The summed E-state index contributed by atoms with van der Waals surface area (Å²) in [5.41, 5.74) is 2.45. The van der Waals surface area contributed by atoms with Crippen LogP contribution in [0.2, 0.25) is 0 Å². The fraction of sp³-hybridized carbons (Fsp3) is 0.500. The fourth-order valence-corrected chi connectivity index (χ4v) is 3.91. The smallest absolute Gasteiger partial charge is 0.394 e. The van der Waals surface area contributed by atoms with E-state index in [1.165, 1.54) is 7.11 Å². The van der Waals surface area contributed by atoms with Crippen LogP contribution >= 0.6 is 0 Å². The first-order chi connectivity index (χ1) is 11.8. The van der Waals surface area contributed by atoms with Crippen LogP contribution in [0.1, 0.15) is 55.8 Å². The van der Waals surface area contributed by atoms with Crippen LogP contribution in [0.4, 0.5) is 10.5 Å². The third kappa shape index (κ3) is 2.45. The van der Waals surface area contributed by atoms with Gasteiger partial charge in [-0.1, -0.05) is 13.8 Å². The Bertz CT molecular complexity index is 874. The standard InChI is InChI=1S/C18H21N3O4/c1-17(2)6-8-18(9-7-17)12-10(20-16(23)21-18)4-5-11-13(12)25-14(19-11)15(22)24-3/h4-5H,6-9H2,1-3H3,(H2,20,21,23). The van der Waals surface area contributed by atoms with Crippen molar-refractivity contribution in [2.24, 2.45) is 5.41 Å². The molecule has 2 N–H and O–H groups in total. The van der Waals surface area contributed by atoms with E-state index < -0.39 is 11.5 Å². The summed E-state index contributed by atoms with van der Waals surface area (Å²) in [4.78, 5) is 28.2. The van der Waals surface area contributed by atoms with Crippen molar-refractivity contribution in [3.05, 3.63) is 23.6 Å². The third-order valence-corrected chi connectivity index (χ3v) is 5.45. The maximum absolute atomic E-state index is 12.2. The summed E-state index contributed by atoms with van der Waals surface area (Å²) >= 11 is 0. The number of anilines is 1. The lowest BCUT2D eigenvalue weighted by Gasteiger charge is -2.46. The number of carbonyl (C=O) groups is 2. The van der Waals surface area contributed by atoms with Gasteiger partial charge in [-0.05, 0) is 43.2 Å². The monoisotopic (exact) mass is 343 g/mol. The number of nitrogens with one attached hydrogen (secondary N) is 2. The molecule has 0 atom stereocenters. The van der Waals surface area contributed by atoms with Gasteiger partial charge in [-0.2, -0.15) is 0 Å². The van der Waals surface area contributed by atoms with Gasteiger partial charge in [-0.25, -0.2) is 14.6 Å². The van der Waals surface area contributed by atoms with Gasteiger partial charge in [-0.3, -0.25) is 0 Å². The number of esters is 1. The lowest BCUT2D eigenvalue weighted by Crippen LogP contribution is -2.54. The highest BCUT2D eigenvalue weighted by atomic mass is 16.5. The van der Waals surface area contributed by atoms with E-state index in [0.717, 1.165) is 31.2 Å². The minimum absolute atomic E-state index is 0.0749. The molecule has 2 heterocycles. The molecular weight excluding hydrogens is 322 g/mol. The average molecular weight is 343 g/mol. The summed E-state index contributed by atoms with van der Waals surface area (Å²) in [6.45, 7) is 4.49. The van der Waals surface area contributed by atoms with E-state index in [-0.39, 0.29) is 17.3 Å². The Kier molecular flexibility index (Phi) is 3.32. The Morgan fingerprint density at radius 2 is 1.96 bits per heavy atom. The van der Waals surface area contributed by atoms with Crippen LogP contribution in [-0.4, -0.2) is 24.1 Å². The number of hydrogen-bond donors (Lipinski definition) is 2. The second-order valence-corrected chi connectivity index (χ2v) is 7.67. The first-order valence-electron chi connectivity index (χ1n) is 8.45. The summed E-state index contributed by atoms with van der Waals surface area (Å²) in [6, 6.07) is 3.36. The van der Waals surface area contributed by atoms with E-state index in [0.29, 0.717) is 16.8 Å². The van der Waals surface area contributed by atoms with Gasteiger partial charge in [0.1, 0.15) is 5.52 Å². The van der Waals surface area contributed by atoms with Crippen molar-refractivity contribution in [1.82, 2.24) is 10.3 Å². The minimum Gasteiger partial charge on any atom is -0.462 e. The molecule has 1 aromatic carbocycles. The molecule has 4 rings (SSSR count). The Morgan fingerprint density at radius 3 is 2.64 bits per heavy atom. The van der Waals surface area contributed by atoms with Crippen LogP contribution in [0.3, 0.4) is 0 Å². The van der Waals surface area contributed by atoms with E-state index in [4.69, 9.17) is 9.15 Å². The fourth-order valence-electron chi connectivity index (χ4n) is 3.91. The average Bonchev–Trinajstić information content (AvgIpc) is 3.00. The maximum atomic E-state index is 12.2. The molecule has 1 aliphatic heterocycles. The van der Waals surface area contributed by atoms with Gasteiger partial charge in [0, 0.05) is 5.56 Å². The Balaban J connectivity index is 1.89. The molecule has 1 aromatic heterocycles. The Hall–Kier alpha value is -2.57. The zero-order valence-electron chi connectivity index (χ0n) is 14.6. The largest absolute Gasteiger partial charge is 0.462 e. The summed E-state index contributed by atoms with van der Waals surface area (Å²) in [6.07, 6.45) is 3.60. The molecular formula is C18H21N3O4. The zero-order valence-corrected chi connectivity index (χ0v) is 14.6.